The van der Waals surface area contributed by atoms with Gasteiger partial charge in [0, 0.05) is 11.8 Å². The van der Waals surface area contributed by atoms with E-state index in [0.717, 1.165) is 0 Å². The molecule has 0 fully saturated rings. The molecule has 1 aromatic heterocycles. The zero-order valence-electron chi connectivity index (χ0n) is 8.17. The minimum Gasteiger partial charge on any atom is -0.481 e. The lowest BCUT2D eigenvalue weighted by atomic mass is 10.2. The number of anilines is 2. The maximum Gasteiger partial charge on any atom is 0.307 e. The second kappa shape index (κ2) is 4.83. The normalized spacial score (nSPS) is 12.3. The lowest BCUT2D eigenvalue weighted by molar-refractivity contribution is -0.140. The van der Waals surface area contributed by atoms with Gasteiger partial charge in [0.25, 0.3) is 0 Å². The number of carboxylic acids is 1. The number of hydrogen-bond acceptors (Lipinski definition) is 6. The van der Waals surface area contributed by atoms with Gasteiger partial charge in [0.1, 0.15) is 11.6 Å². The standard InChI is InChI=1S/C8H12N4O2S/c1-4(7(13)14)3-15-8-11-5(9)2-6(10)12-8/h2,4H,3H2,1H3,(H,13,14)(H4,9,10,11,12). The number of carboxylic acid groups (broad SMARTS) is 1. The highest BCUT2D eigenvalue weighted by Crippen LogP contribution is 2.19. The SMILES string of the molecule is CC(CSc1nc(N)cc(N)n1)C(=O)O. The first-order chi connectivity index (χ1) is 6.99. The fourth-order valence-corrected chi connectivity index (χ4v) is 1.68. The molecular formula is C8H12N4O2S. The first-order valence-electron chi connectivity index (χ1n) is 4.24. The third-order valence-electron chi connectivity index (χ3n) is 1.63. The fraction of sp³-hybridized carbons (Fsp3) is 0.375. The predicted octanol–water partition coefficient (Wildman–Crippen LogP) is 0.454. The van der Waals surface area contributed by atoms with Crippen LogP contribution >= 0.6 is 11.8 Å². The summed E-state index contributed by atoms with van der Waals surface area (Å²) in [6, 6.07) is 1.45. The monoisotopic (exact) mass is 228 g/mol. The van der Waals surface area contributed by atoms with Crippen LogP contribution < -0.4 is 11.5 Å². The lowest BCUT2D eigenvalue weighted by Gasteiger charge is -2.05. The topological polar surface area (TPSA) is 115 Å². The Morgan fingerprint density at radius 2 is 2.07 bits per heavy atom. The van der Waals surface area contributed by atoms with E-state index in [1.54, 1.807) is 6.92 Å². The van der Waals surface area contributed by atoms with Crippen LogP contribution in [0.4, 0.5) is 11.6 Å². The van der Waals surface area contributed by atoms with Crippen LogP contribution in [0, 0.1) is 5.92 Å². The molecule has 0 saturated heterocycles. The Kier molecular flexibility index (Phi) is 3.73. The van der Waals surface area contributed by atoms with Gasteiger partial charge in [0.15, 0.2) is 5.16 Å². The highest BCUT2D eigenvalue weighted by atomic mass is 32.2. The summed E-state index contributed by atoms with van der Waals surface area (Å²) in [5.74, 6) is -0.348. The largest absolute Gasteiger partial charge is 0.481 e. The molecule has 0 aliphatic carbocycles. The van der Waals surface area contributed by atoms with Gasteiger partial charge in [-0.25, -0.2) is 9.97 Å². The molecule has 5 N–H and O–H groups in total. The summed E-state index contributed by atoms with van der Waals surface area (Å²) in [4.78, 5) is 18.4. The summed E-state index contributed by atoms with van der Waals surface area (Å²) in [6.45, 7) is 1.62. The van der Waals surface area contributed by atoms with Gasteiger partial charge in [-0.05, 0) is 0 Å². The minimum atomic E-state index is -0.848. The van der Waals surface area contributed by atoms with Crippen LogP contribution in [-0.4, -0.2) is 26.8 Å². The van der Waals surface area contributed by atoms with Crippen molar-refractivity contribution in [1.29, 1.82) is 0 Å². The molecular weight excluding hydrogens is 216 g/mol. The Labute approximate surface area is 91.1 Å². The van der Waals surface area contributed by atoms with E-state index >= 15 is 0 Å². The van der Waals surface area contributed by atoms with Crippen molar-refractivity contribution in [3.63, 3.8) is 0 Å². The summed E-state index contributed by atoms with van der Waals surface area (Å²) < 4.78 is 0. The number of nitrogens with two attached hydrogens (primary N) is 2. The van der Waals surface area contributed by atoms with Crippen molar-refractivity contribution in [1.82, 2.24) is 9.97 Å². The van der Waals surface area contributed by atoms with Crippen molar-refractivity contribution in [3.8, 4) is 0 Å². The van der Waals surface area contributed by atoms with Crippen molar-refractivity contribution >= 4 is 29.4 Å². The molecule has 0 aliphatic heterocycles. The molecule has 0 aromatic carbocycles. The molecule has 7 heteroatoms. The van der Waals surface area contributed by atoms with Crippen LogP contribution in [0.5, 0.6) is 0 Å². The average Bonchev–Trinajstić information content (AvgIpc) is 2.12. The number of aromatic nitrogens is 2. The molecule has 0 amide bonds. The third-order valence-corrected chi connectivity index (χ3v) is 2.74. The number of aliphatic carboxylic acids is 1. The van der Waals surface area contributed by atoms with E-state index in [4.69, 9.17) is 16.6 Å². The summed E-state index contributed by atoms with van der Waals surface area (Å²) in [6.07, 6.45) is 0. The van der Waals surface area contributed by atoms with Crippen LogP contribution in [-0.2, 0) is 4.79 Å². The van der Waals surface area contributed by atoms with Crippen molar-refractivity contribution in [2.45, 2.75) is 12.1 Å². The minimum absolute atomic E-state index is 0.285. The maximum atomic E-state index is 10.6. The van der Waals surface area contributed by atoms with Crippen molar-refractivity contribution in [2.24, 2.45) is 5.92 Å². The first kappa shape index (κ1) is 11.6. The number of nitrogen functional groups attached to an aromatic ring is 2. The van der Waals surface area contributed by atoms with E-state index in [0.29, 0.717) is 10.9 Å². The van der Waals surface area contributed by atoms with Gasteiger partial charge in [-0.2, -0.15) is 0 Å². The summed E-state index contributed by atoms with van der Waals surface area (Å²) in [5, 5.41) is 9.07. The molecule has 82 valence electrons. The van der Waals surface area contributed by atoms with Gasteiger partial charge in [-0.1, -0.05) is 18.7 Å². The number of nitrogens with zero attached hydrogens (tertiary/aromatic N) is 2. The van der Waals surface area contributed by atoms with Crippen molar-refractivity contribution in [3.05, 3.63) is 6.07 Å². The van der Waals surface area contributed by atoms with Crippen LogP contribution in [0.25, 0.3) is 0 Å². The maximum absolute atomic E-state index is 10.6. The molecule has 15 heavy (non-hydrogen) atoms. The molecule has 6 nitrogen and oxygen atoms in total. The van der Waals surface area contributed by atoms with E-state index in [1.807, 2.05) is 0 Å². The van der Waals surface area contributed by atoms with Crippen LogP contribution in [0.2, 0.25) is 0 Å². The lowest BCUT2D eigenvalue weighted by Crippen LogP contribution is -2.12. The molecule has 1 rings (SSSR count). The van der Waals surface area contributed by atoms with Gasteiger partial charge < -0.3 is 16.6 Å². The molecule has 0 spiro atoms. The zero-order valence-corrected chi connectivity index (χ0v) is 8.99. The van der Waals surface area contributed by atoms with Gasteiger partial charge in [0.05, 0.1) is 5.92 Å². The number of carbonyl (C=O) groups is 1. The molecule has 1 aromatic rings. The van der Waals surface area contributed by atoms with Crippen molar-refractivity contribution in [2.75, 3.05) is 17.2 Å². The third kappa shape index (κ3) is 3.62. The molecule has 1 unspecified atom stereocenters. The van der Waals surface area contributed by atoms with Crippen molar-refractivity contribution < 1.29 is 9.90 Å². The number of rotatable bonds is 4. The van der Waals surface area contributed by atoms with Crippen LogP contribution in [0.1, 0.15) is 6.92 Å². The second-order valence-corrected chi connectivity index (χ2v) is 4.04. The van der Waals surface area contributed by atoms with E-state index in [-0.39, 0.29) is 11.6 Å². The first-order valence-corrected chi connectivity index (χ1v) is 5.23. The van der Waals surface area contributed by atoms with Gasteiger partial charge >= 0.3 is 5.97 Å². The van der Waals surface area contributed by atoms with E-state index < -0.39 is 11.9 Å². The smallest absolute Gasteiger partial charge is 0.307 e. The second-order valence-electron chi connectivity index (χ2n) is 3.05. The quantitative estimate of drug-likeness (QED) is 0.506. The Morgan fingerprint density at radius 3 is 2.53 bits per heavy atom. The summed E-state index contributed by atoms with van der Waals surface area (Å²) >= 11 is 1.22. The highest BCUT2D eigenvalue weighted by molar-refractivity contribution is 7.99. The molecule has 1 atom stereocenters. The fourth-order valence-electron chi connectivity index (χ4n) is 0.797. The average molecular weight is 228 g/mol. The molecule has 0 radical (unpaired) electrons. The van der Waals surface area contributed by atoms with Gasteiger partial charge in [-0.3, -0.25) is 4.79 Å². The number of hydrogen-bond donors (Lipinski definition) is 3. The molecule has 0 bridgehead atoms. The van der Waals surface area contributed by atoms with E-state index in [2.05, 4.69) is 9.97 Å². The van der Waals surface area contributed by atoms with Crippen LogP contribution in [0.15, 0.2) is 11.2 Å². The predicted molar refractivity (Wildman–Crippen MR) is 58.4 cm³/mol. The Bertz CT molecular complexity index is 351. The Balaban J connectivity index is 2.61. The Morgan fingerprint density at radius 1 is 1.53 bits per heavy atom. The van der Waals surface area contributed by atoms with Crippen LogP contribution in [0.3, 0.4) is 0 Å². The molecule has 0 saturated carbocycles. The summed E-state index contributed by atoms with van der Waals surface area (Å²) in [5.41, 5.74) is 10.9. The Hall–Kier alpha value is -1.50. The zero-order chi connectivity index (χ0) is 11.4. The van der Waals surface area contributed by atoms with E-state index in [1.165, 1.54) is 17.8 Å². The molecule has 1 heterocycles. The van der Waals surface area contributed by atoms with Gasteiger partial charge in [-0.15, -0.1) is 0 Å². The molecule has 0 aliphatic rings. The highest BCUT2D eigenvalue weighted by Gasteiger charge is 2.12. The van der Waals surface area contributed by atoms with Gasteiger partial charge in [0.2, 0.25) is 0 Å². The summed E-state index contributed by atoms with van der Waals surface area (Å²) in [7, 11) is 0. The van der Waals surface area contributed by atoms with E-state index in [9.17, 15) is 4.79 Å². The number of thioether (sulfide) groups is 1.